The zero-order chi connectivity index (χ0) is 13.2. The molecule has 2 aromatic rings. The molecule has 1 N–H and O–H groups in total. The van der Waals surface area contributed by atoms with Gasteiger partial charge in [0.25, 0.3) is 0 Å². The van der Waals surface area contributed by atoms with Crippen LogP contribution in [0.25, 0.3) is 0 Å². The minimum atomic E-state index is -0.999. The largest absolute Gasteiger partial charge is 0.476 e. The third-order valence-electron chi connectivity index (χ3n) is 3.34. The summed E-state index contributed by atoms with van der Waals surface area (Å²) in [6.07, 6.45) is 1.00. The molecule has 0 saturated carbocycles. The van der Waals surface area contributed by atoms with Crippen molar-refractivity contribution >= 4 is 17.5 Å². The predicted octanol–water partition coefficient (Wildman–Crippen LogP) is 1.79. The number of carbonyl (C=O) groups is 1. The Kier molecular flexibility index (Phi) is 3.27. The lowest BCUT2D eigenvalue weighted by atomic mass is 10.00. The number of rotatable bonds is 3. The summed E-state index contributed by atoms with van der Waals surface area (Å²) in [6, 6.07) is 8.39. The summed E-state index contributed by atoms with van der Waals surface area (Å²) in [6.45, 7) is 2.40. The molecule has 0 aliphatic carbocycles. The van der Waals surface area contributed by atoms with Crippen LogP contribution in [0.4, 0.5) is 0 Å². The van der Waals surface area contributed by atoms with Crippen LogP contribution >= 0.6 is 11.5 Å². The molecule has 0 atom stereocenters. The number of fused-ring (bicyclic) bond motifs is 1. The second-order valence-electron chi connectivity index (χ2n) is 4.58. The molecule has 5 nitrogen and oxygen atoms in total. The van der Waals surface area contributed by atoms with Crippen LogP contribution < -0.4 is 0 Å². The second kappa shape index (κ2) is 5.07. The van der Waals surface area contributed by atoms with E-state index in [0.29, 0.717) is 6.54 Å². The zero-order valence-electron chi connectivity index (χ0n) is 10.2. The average molecular weight is 275 g/mol. The van der Waals surface area contributed by atoms with Gasteiger partial charge >= 0.3 is 5.97 Å². The Balaban J connectivity index is 1.76. The van der Waals surface area contributed by atoms with E-state index in [2.05, 4.69) is 32.7 Å². The van der Waals surface area contributed by atoms with Gasteiger partial charge in [0.05, 0.1) is 4.88 Å². The SMILES string of the molecule is O=C(O)c1nnsc1CN1CCc2ccccc2C1. The van der Waals surface area contributed by atoms with Gasteiger partial charge in [0.2, 0.25) is 0 Å². The Labute approximate surface area is 114 Å². The Hall–Kier alpha value is -1.79. The lowest BCUT2D eigenvalue weighted by Gasteiger charge is -2.28. The smallest absolute Gasteiger partial charge is 0.357 e. The summed E-state index contributed by atoms with van der Waals surface area (Å²) >= 11 is 1.17. The maximum Gasteiger partial charge on any atom is 0.357 e. The van der Waals surface area contributed by atoms with Gasteiger partial charge in [-0.2, -0.15) is 0 Å². The van der Waals surface area contributed by atoms with Gasteiger partial charge in [-0.25, -0.2) is 4.79 Å². The molecule has 0 radical (unpaired) electrons. The number of aromatic nitrogens is 2. The van der Waals surface area contributed by atoms with Crippen LogP contribution in [0.2, 0.25) is 0 Å². The van der Waals surface area contributed by atoms with Crippen LogP contribution in [0.15, 0.2) is 24.3 Å². The molecule has 0 fully saturated rings. The van der Waals surface area contributed by atoms with Crippen LogP contribution in [0, 0.1) is 0 Å². The van der Waals surface area contributed by atoms with Gasteiger partial charge in [-0.15, -0.1) is 5.10 Å². The summed E-state index contributed by atoms with van der Waals surface area (Å²) in [5, 5.41) is 12.7. The normalized spacial score (nSPS) is 15.2. The molecule has 0 spiro atoms. The van der Waals surface area contributed by atoms with Crippen LogP contribution in [0.1, 0.15) is 26.5 Å². The van der Waals surface area contributed by atoms with Crippen molar-refractivity contribution in [1.29, 1.82) is 0 Å². The van der Waals surface area contributed by atoms with Crippen LogP contribution in [-0.4, -0.2) is 32.1 Å². The maximum absolute atomic E-state index is 11.0. The van der Waals surface area contributed by atoms with Crippen molar-refractivity contribution in [3.05, 3.63) is 46.0 Å². The molecule has 0 bridgehead atoms. The van der Waals surface area contributed by atoms with Crippen molar-refractivity contribution in [2.45, 2.75) is 19.5 Å². The number of benzene rings is 1. The predicted molar refractivity (Wildman–Crippen MR) is 71.1 cm³/mol. The molecule has 1 aromatic heterocycles. The van der Waals surface area contributed by atoms with Crippen molar-refractivity contribution in [3.8, 4) is 0 Å². The second-order valence-corrected chi connectivity index (χ2v) is 5.42. The lowest BCUT2D eigenvalue weighted by Crippen LogP contribution is -2.30. The van der Waals surface area contributed by atoms with Gasteiger partial charge in [-0.05, 0) is 29.1 Å². The van der Waals surface area contributed by atoms with Gasteiger partial charge in [0, 0.05) is 19.6 Å². The molecule has 19 heavy (non-hydrogen) atoms. The molecular formula is C13H13N3O2S. The van der Waals surface area contributed by atoms with Crippen molar-refractivity contribution in [1.82, 2.24) is 14.5 Å². The highest BCUT2D eigenvalue weighted by molar-refractivity contribution is 7.05. The first-order chi connectivity index (χ1) is 9.24. The Morgan fingerprint density at radius 1 is 1.37 bits per heavy atom. The van der Waals surface area contributed by atoms with E-state index in [9.17, 15) is 4.79 Å². The van der Waals surface area contributed by atoms with E-state index in [4.69, 9.17) is 5.11 Å². The number of aromatic carboxylic acids is 1. The third-order valence-corrected chi connectivity index (χ3v) is 4.04. The van der Waals surface area contributed by atoms with E-state index in [1.165, 1.54) is 22.7 Å². The average Bonchev–Trinajstić information content (AvgIpc) is 2.87. The molecule has 0 amide bonds. The molecular weight excluding hydrogens is 262 g/mol. The molecule has 1 aromatic carbocycles. The monoisotopic (exact) mass is 275 g/mol. The molecule has 2 heterocycles. The van der Waals surface area contributed by atoms with Gasteiger partial charge in [0.15, 0.2) is 5.69 Å². The van der Waals surface area contributed by atoms with Crippen LogP contribution in [0.3, 0.4) is 0 Å². The van der Waals surface area contributed by atoms with E-state index >= 15 is 0 Å². The highest BCUT2D eigenvalue weighted by Gasteiger charge is 2.21. The number of hydrogen-bond acceptors (Lipinski definition) is 5. The molecule has 0 saturated heterocycles. The summed E-state index contributed by atoms with van der Waals surface area (Å²) in [5.41, 5.74) is 2.80. The first kappa shape index (κ1) is 12.3. The highest BCUT2D eigenvalue weighted by atomic mass is 32.1. The number of nitrogens with zero attached hydrogens (tertiary/aromatic N) is 3. The van der Waals surface area contributed by atoms with Crippen molar-refractivity contribution in [3.63, 3.8) is 0 Å². The van der Waals surface area contributed by atoms with E-state index in [1.807, 2.05) is 6.07 Å². The van der Waals surface area contributed by atoms with E-state index < -0.39 is 5.97 Å². The zero-order valence-corrected chi connectivity index (χ0v) is 11.1. The molecule has 0 unspecified atom stereocenters. The molecule has 98 valence electrons. The summed E-state index contributed by atoms with van der Waals surface area (Å²) in [7, 11) is 0. The summed E-state index contributed by atoms with van der Waals surface area (Å²) in [4.78, 5) is 14.0. The van der Waals surface area contributed by atoms with Crippen LogP contribution in [0.5, 0.6) is 0 Å². The standard InChI is InChI=1S/C13H13N3O2S/c17-13(18)12-11(19-15-14-12)8-16-6-5-9-3-1-2-4-10(9)7-16/h1-4H,5-8H2,(H,17,18). The first-order valence-corrected chi connectivity index (χ1v) is 6.85. The Bertz CT molecular complexity index is 611. The quantitative estimate of drug-likeness (QED) is 0.925. The Morgan fingerprint density at radius 3 is 2.95 bits per heavy atom. The number of hydrogen-bond donors (Lipinski definition) is 1. The highest BCUT2D eigenvalue weighted by Crippen LogP contribution is 2.22. The molecule has 3 rings (SSSR count). The van der Waals surface area contributed by atoms with E-state index in [0.717, 1.165) is 24.4 Å². The molecule has 6 heteroatoms. The van der Waals surface area contributed by atoms with Gasteiger partial charge in [0.1, 0.15) is 0 Å². The first-order valence-electron chi connectivity index (χ1n) is 6.07. The maximum atomic E-state index is 11.0. The fraction of sp³-hybridized carbons (Fsp3) is 0.308. The summed E-state index contributed by atoms with van der Waals surface area (Å²) < 4.78 is 3.74. The molecule has 1 aliphatic rings. The number of carboxylic acids is 1. The minimum absolute atomic E-state index is 0.0869. The van der Waals surface area contributed by atoms with Crippen molar-refractivity contribution < 1.29 is 9.90 Å². The van der Waals surface area contributed by atoms with E-state index in [-0.39, 0.29) is 5.69 Å². The summed E-state index contributed by atoms with van der Waals surface area (Å²) in [5.74, 6) is -0.999. The van der Waals surface area contributed by atoms with Gasteiger partial charge < -0.3 is 5.11 Å². The van der Waals surface area contributed by atoms with Gasteiger partial charge in [-0.1, -0.05) is 28.8 Å². The fourth-order valence-electron chi connectivity index (χ4n) is 2.37. The van der Waals surface area contributed by atoms with Gasteiger partial charge in [-0.3, -0.25) is 4.90 Å². The fourth-order valence-corrected chi connectivity index (χ4v) is 3.04. The topological polar surface area (TPSA) is 66.3 Å². The third kappa shape index (κ3) is 2.50. The Morgan fingerprint density at radius 2 is 2.16 bits per heavy atom. The lowest BCUT2D eigenvalue weighted by molar-refractivity contribution is 0.0688. The van der Waals surface area contributed by atoms with Crippen molar-refractivity contribution in [2.24, 2.45) is 0 Å². The molecule has 1 aliphatic heterocycles. The van der Waals surface area contributed by atoms with Crippen molar-refractivity contribution in [2.75, 3.05) is 6.54 Å². The van der Waals surface area contributed by atoms with Crippen LogP contribution in [-0.2, 0) is 19.5 Å². The van der Waals surface area contributed by atoms with E-state index in [1.54, 1.807) is 0 Å². The number of carboxylic acid groups (broad SMARTS) is 1. The minimum Gasteiger partial charge on any atom is -0.476 e.